The van der Waals surface area contributed by atoms with Crippen LogP contribution in [-0.2, 0) is 10.0 Å². The van der Waals surface area contributed by atoms with Crippen LogP contribution in [0.15, 0.2) is 30.6 Å². The molecule has 0 aliphatic rings. The van der Waals surface area contributed by atoms with Gasteiger partial charge in [0.15, 0.2) is 0 Å². The third kappa shape index (κ3) is 2.54. The van der Waals surface area contributed by atoms with Crippen LogP contribution in [0.25, 0.3) is 5.69 Å². The topological polar surface area (TPSA) is 89.8 Å². The van der Waals surface area contributed by atoms with Gasteiger partial charge in [0.1, 0.15) is 6.33 Å². The number of anilines is 1. The predicted octanol–water partition coefficient (Wildman–Crippen LogP) is 0.0338. The van der Waals surface area contributed by atoms with Crippen molar-refractivity contribution in [3.63, 3.8) is 0 Å². The molecule has 0 unspecified atom stereocenters. The monoisotopic (exact) mass is 239 g/mol. The van der Waals surface area contributed by atoms with Crippen LogP contribution >= 0.6 is 0 Å². The van der Waals surface area contributed by atoms with Crippen LogP contribution in [0.4, 0.5) is 5.69 Å². The summed E-state index contributed by atoms with van der Waals surface area (Å²) in [5, 5.41) is 10.7. The average Bonchev–Trinajstić information content (AvgIpc) is 2.69. The first kappa shape index (κ1) is 10.6. The van der Waals surface area contributed by atoms with Gasteiger partial charge in [0.05, 0.1) is 11.9 Å². The Morgan fingerprint density at radius 2 is 1.94 bits per heavy atom. The minimum Gasteiger partial charge on any atom is -0.284 e. The number of sulfonamides is 1. The van der Waals surface area contributed by atoms with Crippen molar-refractivity contribution in [2.45, 2.75) is 0 Å². The zero-order valence-corrected chi connectivity index (χ0v) is 9.22. The summed E-state index contributed by atoms with van der Waals surface area (Å²) in [6.07, 6.45) is 2.56. The third-order valence-electron chi connectivity index (χ3n) is 1.78. The highest BCUT2D eigenvalue weighted by Gasteiger charge is 2.02. The summed E-state index contributed by atoms with van der Waals surface area (Å²) in [7, 11) is -3.24. The Morgan fingerprint density at radius 1 is 1.25 bits per heavy atom. The highest BCUT2D eigenvalue weighted by atomic mass is 32.2. The first-order chi connectivity index (χ1) is 7.54. The molecule has 0 fully saturated rings. The summed E-state index contributed by atoms with van der Waals surface area (Å²) in [6.45, 7) is 0. The maximum Gasteiger partial charge on any atom is 0.229 e. The lowest BCUT2D eigenvalue weighted by atomic mass is 10.3. The molecule has 84 valence electrons. The van der Waals surface area contributed by atoms with E-state index in [4.69, 9.17) is 0 Å². The van der Waals surface area contributed by atoms with Crippen LogP contribution < -0.4 is 4.72 Å². The van der Waals surface area contributed by atoms with Crippen molar-refractivity contribution in [3.8, 4) is 5.69 Å². The second kappa shape index (κ2) is 3.89. The largest absolute Gasteiger partial charge is 0.284 e. The smallest absolute Gasteiger partial charge is 0.229 e. The Kier molecular flexibility index (Phi) is 2.57. The van der Waals surface area contributed by atoms with Gasteiger partial charge in [-0.25, -0.2) is 13.1 Å². The zero-order valence-electron chi connectivity index (χ0n) is 8.40. The summed E-state index contributed by atoms with van der Waals surface area (Å²) in [5.74, 6) is 0. The van der Waals surface area contributed by atoms with E-state index in [9.17, 15) is 8.42 Å². The third-order valence-corrected chi connectivity index (χ3v) is 2.39. The van der Waals surface area contributed by atoms with Gasteiger partial charge in [0.25, 0.3) is 0 Å². The van der Waals surface area contributed by atoms with Crippen LogP contribution in [0.2, 0.25) is 0 Å². The maximum absolute atomic E-state index is 11.0. The molecule has 0 atom stereocenters. The molecular formula is C8H9N5O2S. The van der Waals surface area contributed by atoms with Crippen molar-refractivity contribution in [2.24, 2.45) is 0 Å². The van der Waals surface area contributed by atoms with Gasteiger partial charge in [-0.05, 0) is 34.7 Å². The number of benzene rings is 1. The highest BCUT2D eigenvalue weighted by molar-refractivity contribution is 7.92. The zero-order chi connectivity index (χ0) is 11.6. The van der Waals surface area contributed by atoms with Crippen molar-refractivity contribution < 1.29 is 8.42 Å². The van der Waals surface area contributed by atoms with Gasteiger partial charge in [0.2, 0.25) is 10.0 Å². The van der Waals surface area contributed by atoms with Gasteiger partial charge < -0.3 is 0 Å². The SMILES string of the molecule is CS(=O)(=O)Nc1ccc(-n2cnnn2)cc1. The summed E-state index contributed by atoms with van der Waals surface area (Å²) in [5.41, 5.74) is 1.25. The quantitative estimate of drug-likeness (QED) is 0.816. The van der Waals surface area contributed by atoms with Crippen molar-refractivity contribution in [1.29, 1.82) is 0 Å². The molecule has 16 heavy (non-hydrogen) atoms. The van der Waals surface area contributed by atoms with Crippen molar-refractivity contribution in [1.82, 2.24) is 20.2 Å². The molecule has 1 N–H and O–H groups in total. The van der Waals surface area contributed by atoms with Gasteiger partial charge >= 0.3 is 0 Å². The Bertz CT molecular complexity index is 561. The number of hydrogen-bond acceptors (Lipinski definition) is 5. The molecule has 2 rings (SSSR count). The van der Waals surface area contributed by atoms with E-state index >= 15 is 0 Å². The number of rotatable bonds is 3. The first-order valence-corrected chi connectivity index (χ1v) is 6.25. The van der Waals surface area contributed by atoms with Crippen LogP contribution in [0, 0.1) is 0 Å². The van der Waals surface area contributed by atoms with Crippen molar-refractivity contribution >= 4 is 15.7 Å². The van der Waals surface area contributed by atoms with Gasteiger partial charge in [0, 0.05) is 5.69 Å². The minimum atomic E-state index is -3.24. The maximum atomic E-state index is 11.0. The van der Waals surface area contributed by atoms with E-state index in [-0.39, 0.29) is 0 Å². The van der Waals surface area contributed by atoms with E-state index in [1.165, 1.54) is 11.0 Å². The van der Waals surface area contributed by atoms with E-state index in [1.54, 1.807) is 24.3 Å². The molecule has 2 aromatic rings. The van der Waals surface area contributed by atoms with E-state index in [1.807, 2.05) is 0 Å². The molecule has 1 heterocycles. The van der Waals surface area contributed by atoms with Crippen molar-refractivity contribution in [3.05, 3.63) is 30.6 Å². The number of nitrogens with zero attached hydrogens (tertiary/aromatic N) is 4. The Hall–Kier alpha value is -1.96. The molecule has 1 aromatic heterocycles. The molecular weight excluding hydrogens is 230 g/mol. The lowest BCUT2D eigenvalue weighted by molar-refractivity contribution is 0.607. The number of hydrogen-bond donors (Lipinski definition) is 1. The second-order valence-electron chi connectivity index (χ2n) is 3.18. The number of tetrazole rings is 1. The molecule has 0 radical (unpaired) electrons. The Morgan fingerprint density at radius 3 is 2.44 bits per heavy atom. The lowest BCUT2D eigenvalue weighted by Gasteiger charge is -2.04. The van der Waals surface area contributed by atoms with Crippen LogP contribution in [0.5, 0.6) is 0 Å². The van der Waals surface area contributed by atoms with E-state index in [2.05, 4.69) is 20.2 Å². The lowest BCUT2D eigenvalue weighted by Crippen LogP contribution is -2.09. The van der Waals surface area contributed by atoms with Gasteiger partial charge in [-0.1, -0.05) is 0 Å². The van der Waals surface area contributed by atoms with Gasteiger partial charge in [-0.15, -0.1) is 5.10 Å². The van der Waals surface area contributed by atoms with Crippen LogP contribution in [0.1, 0.15) is 0 Å². The summed E-state index contributed by atoms with van der Waals surface area (Å²) >= 11 is 0. The molecule has 0 saturated carbocycles. The molecule has 0 saturated heterocycles. The number of aromatic nitrogens is 4. The molecule has 8 heteroatoms. The number of nitrogens with one attached hydrogen (secondary N) is 1. The summed E-state index contributed by atoms with van der Waals surface area (Å²) in [6, 6.07) is 6.70. The fraction of sp³-hybridized carbons (Fsp3) is 0.125. The van der Waals surface area contributed by atoms with E-state index in [0.29, 0.717) is 5.69 Å². The Balaban J connectivity index is 2.24. The molecule has 0 spiro atoms. The first-order valence-electron chi connectivity index (χ1n) is 4.36. The fourth-order valence-corrected chi connectivity index (χ4v) is 1.74. The highest BCUT2D eigenvalue weighted by Crippen LogP contribution is 2.12. The van der Waals surface area contributed by atoms with Crippen LogP contribution in [0.3, 0.4) is 0 Å². The second-order valence-corrected chi connectivity index (χ2v) is 4.92. The molecule has 0 aliphatic heterocycles. The molecule has 1 aromatic carbocycles. The van der Waals surface area contributed by atoms with E-state index < -0.39 is 10.0 Å². The van der Waals surface area contributed by atoms with Crippen LogP contribution in [-0.4, -0.2) is 34.9 Å². The standard InChI is InChI=1S/C8H9N5O2S/c1-16(14,15)10-7-2-4-8(5-3-7)13-6-9-11-12-13/h2-6,10H,1H3. The average molecular weight is 239 g/mol. The minimum absolute atomic E-state index is 0.499. The summed E-state index contributed by atoms with van der Waals surface area (Å²) in [4.78, 5) is 0. The normalized spacial score (nSPS) is 11.3. The predicted molar refractivity (Wildman–Crippen MR) is 57.6 cm³/mol. The van der Waals surface area contributed by atoms with Gasteiger partial charge in [-0.3, -0.25) is 4.72 Å². The fourth-order valence-electron chi connectivity index (χ4n) is 1.18. The van der Waals surface area contributed by atoms with Gasteiger partial charge in [-0.2, -0.15) is 0 Å². The molecule has 0 amide bonds. The Labute approximate surface area is 92.1 Å². The van der Waals surface area contributed by atoms with Crippen molar-refractivity contribution in [2.75, 3.05) is 11.0 Å². The molecule has 7 nitrogen and oxygen atoms in total. The summed E-state index contributed by atoms with van der Waals surface area (Å²) < 4.78 is 25.8. The van der Waals surface area contributed by atoms with E-state index in [0.717, 1.165) is 11.9 Å². The molecule has 0 bridgehead atoms. The molecule has 0 aliphatic carbocycles.